The molecule has 0 fully saturated rings. The van der Waals surface area contributed by atoms with Crippen LogP contribution in [-0.2, 0) is 6.42 Å². The highest BCUT2D eigenvalue weighted by molar-refractivity contribution is 5.85. The molecule has 0 saturated carbocycles. The summed E-state index contributed by atoms with van der Waals surface area (Å²) in [6, 6.07) is 10.4. The predicted molar refractivity (Wildman–Crippen MR) is 73.9 cm³/mol. The molecule has 1 N–H and O–H groups in total. The number of para-hydroxylation sites is 1. The van der Waals surface area contributed by atoms with E-state index in [1.54, 1.807) is 0 Å². The Bertz CT molecular complexity index is 427. The molecule has 0 spiro atoms. The van der Waals surface area contributed by atoms with E-state index in [1.807, 2.05) is 19.3 Å². The first-order chi connectivity index (χ1) is 6.92. The van der Waals surface area contributed by atoms with Crippen molar-refractivity contribution < 1.29 is 0 Å². The van der Waals surface area contributed by atoms with Crippen LogP contribution < -0.4 is 5.32 Å². The summed E-state index contributed by atoms with van der Waals surface area (Å²) in [5.74, 6) is 0. The molecule has 2 rings (SSSR count). The number of aromatic nitrogens is 1. The molecular formula is C12H16Cl2N2. The lowest BCUT2D eigenvalue weighted by Crippen LogP contribution is -2.10. The molecule has 0 aliphatic rings. The number of nitrogens with one attached hydrogen (secondary N) is 1. The van der Waals surface area contributed by atoms with Crippen LogP contribution in [0.3, 0.4) is 0 Å². The van der Waals surface area contributed by atoms with Gasteiger partial charge in [-0.2, -0.15) is 0 Å². The van der Waals surface area contributed by atoms with E-state index in [0.717, 1.165) is 18.5 Å². The molecule has 1 aromatic heterocycles. The van der Waals surface area contributed by atoms with Crippen molar-refractivity contribution in [3.63, 3.8) is 0 Å². The summed E-state index contributed by atoms with van der Waals surface area (Å²) < 4.78 is 0. The second-order valence-electron chi connectivity index (χ2n) is 3.35. The average Bonchev–Trinajstić information content (AvgIpc) is 2.26. The first-order valence-electron chi connectivity index (χ1n) is 4.89. The third-order valence-electron chi connectivity index (χ3n) is 2.36. The Balaban J connectivity index is 0.00000112. The fraction of sp³-hybridized carbons (Fsp3) is 0.250. The van der Waals surface area contributed by atoms with E-state index in [0.29, 0.717) is 0 Å². The normalized spacial score (nSPS) is 9.31. The van der Waals surface area contributed by atoms with Crippen LogP contribution >= 0.6 is 24.8 Å². The molecule has 1 heterocycles. The van der Waals surface area contributed by atoms with Gasteiger partial charge in [0.2, 0.25) is 0 Å². The zero-order valence-electron chi connectivity index (χ0n) is 9.14. The third kappa shape index (κ3) is 3.34. The van der Waals surface area contributed by atoms with E-state index < -0.39 is 0 Å². The second-order valence-corrected chi connectivity index (χ2v) is 3.35. The van der Waals surface area contributed by atoms with Crippen molar-refractivity contribution in [3.8, 4) is 0 Å². The zero-order chi connectivity index (χ0) is 9.80. The van der Waals surface area contributed by atoms with E-state index >= 15 is 0 Å². The maximum atomic E-state index is 4.41. The van der Waals surface area contributed by atoms with Crippen molar-refractivity contribution >= 4 is 35.7 Å². The summed E-state index contributed by atoms with van der Waals surface area (Å²) in [4.78, 5) is 4.41. The van der Waals surface area contributed by atoms with Crippen LogP contribution in [0.25, 0.3) is 10.9 Å². The van der Waals surface area contributed by atoms with Crippen LogP contribution in [0, 0.1) is 0 Å². The summed E-state index contributed by atoms with van der Waals surface area (Å²) >= 11 is 0. The van der Waals surface area contributed by atoms with E-state index in [9.17, 15) is 0 Å². The van der Waals surface area contributed by atoms with Gasteiger partial charge in [-0.05, 0) is 31.6 Å². The van der Waals surface area contributed by atoms with Gasteiger partial charge in [0, 0.05) is 11.6 Å². The standard InChI is InChI=1S/C12H14N2.2ClH/c1-13-9-7-11-5-2-4-10-6-3-8-14-12(10)11;;/h2-6,8,13H,7,9H2,1H3;2*1H. The minimum atomic E-state index is 0. The molecule has 4 heteroatoms. The first kappa shape index (κ1) is 15.2. The van der Waals surface area contributed by atoms with Crippen molar-refractivity contribution in [1.82, 2.24) is 10.3 Å². The maximum absolute atomic E-state index is 4.41. The highest BCUT2D eigenvalue weighted by Crippen LogP contribution is 2.15. The Hall–Kier alpha value is -0.830. The van der Waals surface area contributed by atoms with Crippen LogP contribution in [0.15, 0.2) is 36.5 Å². The molecule has 0 saturated heterocycles. The lowest BCUT2D eigenvalue weighted by molar-refractivity contribution is 0.794. The number of fused-ring (bicyclic) bond motifs is 1. The molecular weight excluding hydrogens is 243 g/mol. The average molecular weight is 259 g/mol. The van der Waals surface area contributed by atoms with Crippen molar-refractivity contribution in [1.29, 1.82) is 0 Å². The van der Waals surface area contributed by atoms with E-state index in [1.165, 1.54) is 10.9 Å². The van der Waals surface area contributed by atoms with Gasteiger partial charge in [-0.15, -0.1) is 24.8 Å². The number of nitrogens with zero attached hydrogens (tertiary/aromatic N) is 1. The minimum absolute atomic E-state index is 0. The summed E-state index contributed by atoms with van der Waals surface area (Å²) in [6.07, 6.45) is 2.88. The lowest BCUT2D eigenvalue weighted by Gasteiger charge is -2.04. The third-order valence-corrected chi connectivity index (χ3v) is 2.36. The lowest BCUT2D eigenvalue weighted by atomic mass is 10.1. The molecule has 0 radical (unpaired) electrons. The van der Waals surface area contributed by atoms with Crippen LogP contribution in [0.5, 0.6) is 0 Å². The molecule has 16 heavy (non-hydrogen) atoms. The van der Waals surface area contributed by atoms with Gasteiger partial charge >= 0.3 is 0 Å². The summed E-state index contributed by atoms with van der Waals surface area (Å²) in [6.45, 7) is 0.996. The fourth-order valence-electron chi connectivity index (χ4n) is 1.63. The van der Waals surface area contributed by atoms with E-state index in [2.05, 4.69) is 34.6 Å². The second kappa shape index (κ2) is 7.44. The molecule has 0 atom stereocenters. The largest absolute Gasteiger partial charge is 0.319 e. The van der Waals surface area contributed by atoms with Crippen LogP contribution in [0.1, 0.15) is 5.56 Å². The number of halogens is 2. The molecule has 0 aliphatic heterocycles. The molecule has 0 amide bonds. The number of hydrogen-bond acceptors (Lipinski definition) is 2. The van der Waals surface area contributed by atoms with Crippen molar-refractivity contribution in [2.45, 2.75) is 6.42 Å². The molecule has 2 nitrogen and oxygen atoms in total. The summed E-state index contributed by atoms with van der Waals surface area (Å²) in [5.41, 5.74) is 2.45. The molecule has 0 unspecified atom stereocenters. The smallest absolute Gasteiger partial charge is 0.0734 e. The number of benzene rings is 1. The van der Waals surface area contributed by atoms with E-state index in [4.69, 9.17) is 0 Å². The number of pyridine rings is 1. The van der Waals surface area contributed by atoms with Gasteiger partial charge in [0.15, 0.2) is 0 Å². The Morgan fingerprint density at radius 3 is 2.62 bits per heavy atom. The Morgan fingerprint density at radius 1 is 1.12 bits per heavy atom. The highest BCUT2D eigenvalue weighted by Gasteiger charge is 1.99. The van der Waals surface area contributed by atoms with E-state index in [-0.39, 0.29) is 24.8 Å². The van der Waals surface area contributed by atoms with Crippen molar-refractivity contribution in [2.24, 2.45) is 0 Å². The minimum Gasteiger partial charge on any atom is -0.319 e. The summed E-state index contributed by atoms with van der Waals surface area (Å²) in [5, 5.41) is 4.38. The quantitative estimate of drug-likeness (QED) is 0.916. The van der Waals surface area contributed by atoms with Gasteiger partial charge in [0.1, 0.15) is 0 Å². The van der Waals surface area contributed by atoms with Gasteiger partial charge in [-0.3, -0.25) is 4.98 Å². The van der Waals surface area contributed by atoms with Crippen LogP contribution in [-0.4, -0.2) is 18.6 Å². The monoisotopic (exact) mass is 258 g/mol. The number of likely N-dealkylation sites (N-methyl/N-ethyl adjacent to an activating group) is 1. The van der Waals surface area contributed by atoms with Gasteiger partial charge in [0.05, 0.1) is 5.52 Å². The van der Waals surface area contributed by atoms with Crippen LogP contribution in [0.2, 0.25) is 0 Å². The SMILES string of the molecule is CNCCc1cccc2cccnc12.Cl.Cl. The van der Waals surface area contributed by atoms with Gasteiger partial charge in [-0.25, -0.2) is 0 Å². The molecule has 88 valence electrons. The van der Waals surface area contributed by atoms with Crippen LogP contribution in [0.4, 0.5) is 0 Å². The van der Waals surface area contributed by atoms with Crippen molar-refractivity contribution in [2.75, 3.05) is 13.6 Å². The maximum Gasteiger partial charge on any atom is 0.0734 e. The molecule has 1 aromatic carbocycles. The first-order valence-corrected chi connectivity index (χ1v) is 4.89. The van der Waals surface area contributed by atoms with Crippen molar-refractivity contribution in [3.05, 3.63) is 42.1 Å². The number of hydrogen-bond donors (Lipinski definition) is 1. The Labute approximate surface area is 108 Å². The molecule has 2 aromatic rings. The van der Waals surface area contributed by atoms with Gasteiger partial charge in [-0.1, -0.05) is 24.3 Å². The molecule has 0 bridgehead atoms. The zero-order valence-corrected chi connectivity index (χ0v) is 10.8. The number of rotatable bonds is 3. The van der Waals surface area contributed by atoms with Gasteiger partial charge < -0.3 is 5.32 Å². The Kier molecular flexibility index (Phi) is 7.06. The summed E-state index contributed by atoms with van der Waals surface area (Å²) in [7, 11) is 1.97. The fourth-order valence-corrected chi connectivity index (χ4v) is 1.63. The molecule has 0 aliphatic carbocycles. The topological polar surface area (TPSA) is 24.9 Å². The predicted octanol–water partition coefficient (Wildman–Crippen LogP) is 2.84. The van der Waals surface area contributed by atoms with Gasteiger partial charge in [0.25, 0.3) is 0 Å². The Morgan fingerprint density at radius 2 is 1.88 bits per heavy atom. The highest BCUT2D eigenvalue weighted by atomic mass is 35.5.